The Morgan fingerprint density at radius 3 is 2.44 bits per heavy atom. The van der Waals surface area contributed by atoms with E-state index in [1.165, 1.54) is 6.07 Å². The van der Waals surface area contributed by atoms with E-state index in [4.69, 9.17) is 5.26 Å². The number of amides is 1. The van der Waals surface area contributed by atoms with Gasteiger partial charge in [0.05, 0.1) is 6.07 Å². The minimum atomic E-state index is -4.61. The second kappa shape index (κ2) is 10.5. The van der Waals surface area contributed by atoms with Gasteiger partial charge in [0, 0.05) is 31.9 Å². The van der Waals surface area contributed by atoms with Crippen molar-refractivity contribution in [1.29, 1.82) is 5.26 Å². The van der Waals surface area contributed by atoms with E-state index in [-0.39, 0.29) is 23.9 Å². The number of hydrogen-bond donors (Lipinski definition) is 3. The van der Waals surface area contributed by atoms with Gasteiger partial charge < -0.3 is 15.5 Å². The molecule has 2 unspecified atom stereocenters. The first-order valence-corrected chi connectivity index (χ1v) is 12.3. The molecule has 1 amide bonds. The highest BCUT2D eigenvalue weighted by atomic mass is 19.4. The Morgan fingerprint density at radius 1 is 1.17 bits per heavy atom. The Kier molecular flexibility index (Phi) is 7.57. The van der Waals surface area contributed by atoms with Crippen molar-refractivity contribution in [2.75, 3.05) is 37.6 Å². The number of piperazine rings is 1. The molecular formula is C27H32F3N5O. The molecule has 1 heterocycles. The van der Waals surface area contributed by atoms with Crippen molar-refractivity contribution in [3.63, 3.8) is 0 Å². The zero-order valence-corrected chi connectivity index (χ0v) is 20.5. The van der Waals surface area contributed by atoms with E-state index < -0.39 is 23.7 Å². The molecule has 2 aliphatic rings. The molecule has 36 heavy (non-hydrogen) atoms. The van der Waals surface area contributed by atoms with Crippen molar-refractivity contribution in [1.82, 2.24) is 16.0 Å². The first-order valence-electron chi connectivity index (χ1n) is 12.3. The fourth-order valence-corrected chi connectivity index (χ4v) is 5.16. The van der Waals surface area contributed by atoms with E-state index in [0.29, 0.717) is 12.0 Å². The molecule has 6 nitrogen and oxygen atoms in total. The van der Waals surface area contributed by atoms with Gasteiger partial charge in [-0.3, -0.25) is 10.1 Å². The monoisotopic (exact) mass is 499 g/mol. The van der Waals surface area contributed by atoms with Gasteiger partial charge in [-0.1, -0.05) is 44.2 Å². The smallest absolute Gasteiger partial charge is 0.369 e. The molecule has 4 rings (SSSR count). The summed E-state index contributed by atoms with van der Waals surface area (Å²) in [7, 11) is 0. The maximum atomic E-state index is 14.3. The summed E-state index contributed by atoms with van der Waals surface area (Å²) in [5, 5.41) is 17.3. The van der Waals surface area contributed by atoms with E-state index in [1.54, 1.807) is 18.2 Å². The second-order valence-electron chi connectivity index (χ2n) is 9.90. The van der Waals surface area contributed by atoms with Gasteiger partial charge in [0.25, 0.3) is 0 Å². The number of hydrogen-bond acceptors (Lipinski definition) is 5. The maximum Gasteiger partial charge on any atom is 0.407 e. The third kappa shape index (κ3) is 5.50. The van der Waals surface area contributed by atoms with Crippen molar-refractivity contribution >= 4 is 11.6 Å². The Morgan fingerprint density at radius 2 is 1.86 bits per heavy atom. The van der Waals surface area contributed by atoms with Gasteiger partial charge in [0.1, 0.15) is 18.1 Å². The highest BCUT2D eigenvalue weighted by Crippen LogP contribution is 2.51. The van der Waals surface area contributed by atoms with Gasteiger partial charge in [-0.25, -0.2) is 0 Å². The molecule has 0 spiro atoms. The summed E-state index contributed by atoms with van der Waals surface area (Å²) >= 11 is 0. The molecule has 1 aliphatic carbocycles. The summed E-state index contributed by atoms with van der Waals surface area (Å²) < 4.78 is 43.0. The van der Waals surface area contributed by atoms with Gasteiger partial charge in [0.2, 0.25) is 5.91 Å². The fraction of sp³-hybridized carbons (Fsp3) is 0.481. The number of nitrogens with one attached hydrogen (secondary N) is 3. The third-order valence-electron chi connectivity index (χ3n) is 7.18. The van der Waals surface area contributed by atoms with E-state index >= 15 is 0 Å². The number of anilines is 1. The zero-order chi connectivity index (χ0) is 25.9. The molecule has 192 valence electrons. The van der Waals surface area contributed by atoms with Gasteiger partial charge in [-0.2, -0.15) is 18.4 Å². The number of halogens is 3. The van der Waals surface area contributed by atoms with E-state index in [0.717, 1.165) is 37.4 Å². The van der Waals surface area contributed by atoms with Gasteiger partial charge in [-0.15, -0.1) is 0 Å². The molecule has 1 saturated carbocycles. The number of rotatable bonds is 8. The number of alkyl halides is 3. The van der Waals surface area contributed by atoms with E-state index in [2.05, 4.69) is 20.9 Å². The lowest BCUT2D eigenvalue weighted by Gasteiger charge is -2.29. The second-order valence-corrected chi connectivity index (χ2v) is 9.90. The minimum absolute atomic E-state index is 0.0137. The van der Waals surface area contributed by atoms with Crippen LogP contribution in [-0.4, -0.2) is 50.3 Å². The predicted octanol–water partition coefficient (Wildman–Crippen LogP) is 4.01. The van der Waals surface area contributed by atoms with Crippen molar-refractivity contribution in [3.8, 4) is 17.2 Å². The molecule has 0 aromatic heterocycles. The summed E-state index contributed by atoms with van der Waals surface area (Å²) in [5.41, 5.74) is 1.28. The van der Waals surface area contributed by atoms with Crippen LogP contribution in [0, 0.1) is 23.2 Å². The lowest BCUT2D eigenvalue weighted by atomic mass is 9.96. The van der Waals surface area contributed by atoms with Crippen LogP contribution in [0.3, 0.4) is 0 Å². The molecular weight excluding hydrogens is 467 g/mol. The lowest BCUT2D eigenvalue weighted by molar-refractivity contribution is -0.162. The summed E-state index contributed by atoms with van der Waals surface area (Å²) in [6, 6.07) is 14.0. The number of carbonyl (C=O) groups excluding carboxylic acids is 1. The van der Waals surface area contributed by atoms with Crippen LogP contribution in [0.25, 0.3) is 11.1 Å². The zero-order valence-electron chi connectivity index (χ0n) is 20.5. The molecule has 2 fully saturated rings. The quantitative estimate of drug-likeness (QED) is 0.479. The first kappa shape index (κ1) is 26.0. The lowest BCUT2D eigenvalue weighted by Crippen LogP contribution is -2.52. The number of nitrogens with zero attached hydrogens (tertiary/aromatic N) is 2. The van der Waals surface area contributed by atoms with Crippen LogP contribution in [0.15, 0.2) is 48.5 Å². The number of benzene rings is 2. The summed E-state index contributed by atoms with van der Waals surface area (Å²) in [5.74, 6) is -0.793. The van der Waals surface area contributed by atoms with Crippen LogP contribution in [0.5, 0.6) is 0 Å². The number of nitriles is 1. The standard InChI is InChI=1S/C27H32F3N5O/c1-18(2)23-17-26(23,25(36)33-11-10-31)34-24(27(28,29)30)21-5-3-4-20(16-21)19-6-8-22(9-7-19)35-14-12-32-13-15-35/h3-9,16,18,23-24,32,34H,11-15,17H2,1-2H3,(H,33,36)/t23-,24?,26?/m0/s1. The number of carbonyl (C=O) groups is 1. The highest BCUT2D eigenvalue weighted by Gasteiger charge is 2.63. The maximum absolute atomic E-state index is 14.3. The SMILES string of the molecule is CC(C)[C@@H]1CC1(NC(c1cccc(-c2ccc(N3CCNCC3)cc2)c1)C(F)(F)F)C(=O)NCC#N. The molecule has 1 aliphatic heterocycles. The molecule has 9 heteroatoms. The van der Waals surface area contributed by atoms with Crippen molar-refractivity contribution in [3.05, 3.63) is 54.1 Å². The Hall–Kier alpha value is -3.09. The normalized spacial score (nSPS) is 22.7. The highest BCUT2D eigenvalue weighted by molar-refractivity contribution is 5.90. The van der Waals surface area contributed by atoms with Crippen molar-refractivity contribution in [2.45, 2.75) is 38.0 Å². The average Bonchev–Trinajstić information content (AvgIpc) is 3.62. The molecule has 3 atom stereocenters. The summed E-state index contributed by atoms with van der Waals surface area (Å²) in [4.78, 5) is 15.1. The molecule has 3 N–H and O–H groups in total. The molecule has 0 radical (unpaired) electrons. The third-order valence-corrected chi connectivity index (χ3v) is 7.18. The van der Waals surface area contributed by atoms with Crippen molar-refractivity contribution in [2.24, 2.45) is 11.8 Å². The van der Waals surface area contributed by atoms with Gasteiger partial charge in [0.15, 0.2) is 0 Å². The topological polar surface area (TPSA) is 80.2 Å². The predicted molar refractivity (Wildman–Crippen MR) is 133 cm³/mol. The van der Waals surface area contributed by atoms with Crippen LogP contribution < -0.4 is 20.9 Å². The minimum Gasteiger partial charge on any atom is -0.369 e. The van der Waals surface area contributed by atoms with Crippen LogP contribution in [0.2, 0.25) is 0 Å². The molecule has 2 aromatic carbocycles. The Labute approximate surface area is 209 Å². The van der Waals surface area contributed by atoms with Gasteiger partial charge >= 0.3 is 6.18 Å². The van der Waals surface area contributed by atoms with Crippen LogP contribution in [-0.2, 0) is 4.79 Å². The molecule has 0 bridgehead atoms. The molecule has 1 saturated heterocycles. The van der Waals surface area contributed by atoms with E-state index in [1.807, 2.05) is 44.2 Å². The van der Waals surface area contributed by atoms with Crippen LogP contribution in [0.1, 0.15) is 31.9 Å². The van der Waals surface area contributed by atoms with Crippen LogP contribution in [0.4, 0.5) is 18.9 Å². The average molecular weight is 500 g/mol. The molecule has 2 aromatic rings. The van der Waals surface area contributed by atoms with Gasteiger partial charge in [-0.05, 0) is 53.1 Å². The Balaban J connectivity index is 1.60. The van der Waals surface area contributed by atoms with E-state index in [9.17, 15) is 18.0 Å². The summed E-state index contributed by atoms with van der Waals surface area (Å²) in [6.45, 7) is 7.19. The van der Waals surface area contributed by atoms with Crippen molar-refractivity contribution < 1.29 is 18.0 Å². The largest absolute Gasteiger partial charge is 0.407 e. The Bertz CT molecular complexity index is 1110. The fourth-order valence-electron chi connectivity index (χ4n) is 5.16. The van der Waals surface area contributed by atoms with Crippen LogP contribution >= 0.6 is 0 Å². The summed E-state index contributed by atoms with van der Waals surface area (Å²) in [6.07, 6.45) is -4.32. The first-order chi connectivity index (χ1) is 17.2.